The summed E-state index contributed by atoms with van der Waals surface area (Å²) < 4.78 is 27.0. The van der Waals surface area contributed by atoms with Gasteiger partial charge in [0.1, 0.15) is 0 Å². The van der Waals surface area contributed by atoms with E-state index >= 15 is 0 Å². The molecule has 0 N–H and O–H groups in total. The van der Waals surface area contributed by atoms with Crippen molar-refractivity contribution in [2.75, 3.05) is 9.80 Å². The lowest BCUT2D eigenvalue weighted by molar-refractivity contribution is 0.411. The van der Waals surface area contributed by atoms with Crippen LogP contribution >= 0.6 is 0 Å². The Morgan fingerprint density at radius 3 is 0.851 bits per heavy atom. The Bertz CT molecular complexity index is 5870. The van der Waals surface area contributed by atoms with Crippen LogP contribution in [0.1, 0.15) is 187 Å². The molecule has 0 amide bonds. The summed E-state index contributed by atoms with van der Waals surface area (Å²) in [6.45, 7) is 47.8. The molecule has 4 nitrogen and oxygen atoms in total. The Morgan fingerprint density at radius 1 is 0.272 bits per heavy atom. The Morgan fingerprint density at radius 2 is 0.570 bits per heavy atom. The molecule has 0 atom stereocenters. The van der Waals surface area contributed by atoms with Crippen molar-refractivity contribution < 1.29 is 2.74 Å². The van der Waals surface area contributed by atoms with E-state index in [1.54, 1.807) is 0 Å². The molecule has 2 aromatic heterocycles. The Kier molecular flexibility index (Phi) is 17.6. The monoisotopic (exact) mass is 1490 g/mol. The van der Waals surface area contributed by atoms with Crippen LogP contribution in [-0.2, 0) is 40.9 Å². The third kappa shape index (κ3) is 13.9. The zero-order valence-corrected chi connectivity index (χ0v) is 71.2. The van der Waals surface area contributed by atoms with Crippen LogP contribution in [0.3, 0.4) is 0 Å². The number of nitrogens with zero attached hydrogens (tertiary/aromatic N) is 4. The van der Waals surface area contributed by atoms with Gasteiger partial charge in [0, 0.05) is 69.5 Å². The Hall–Kier alpha value is -10.9. The fourth-order valence-corrected chi connectivity index (χ4v) is 18.3. The van der Waals surface area contributed by atoms with Crippen molar-refractivity contribution in [3.8, 4) is 55.9 Å². The predicted octanol–water partition coefficient (Wildman–Crippen LogP) is 28.6. The zero-order valence-electron chi connectivity index (χ0n) is 73.2. The average Bonchev–Trinajstić information content (AvgIpc) is 0.782. The first kappa shape index (κ1) is 73.3. The van der Waals surface area contributed by atoms with Crippen molar-refractivity contribution >= 4 is 101 Å². The molecule has 0 fully saturated rings. The molecule has 114 heavy (non-hydrogen) atoms. The van der Waals surface area contributed by atoms with Crippen LogP contribution in [0.25, 0.3) is 99.5 Å². The van der Waals surface area contributed by atoms with Crippen molar-refractivity contribution in [1.29, 1.82) is 0 Å². The number of hydrogen-bond donors (Lipinski definition) is 0. The van der Waals surface area contributed by atoms with E-state index in [4.69, 9.17) is 0 Å². The summed E-state index contributed by atoms with van der Waals surface area (Å²) in [6, 6.07) is 102. The third-order valence-electron chi connectivity index (χ3n) is 23.8. The molecule has 17 rings (SSSR count). The van der Waals surface area contributed by atoms with E-state index in [0.717, 1.165) is 130 Å². The molecule has 0 aliphatic carbocycles. The first-order valence-electron chi connectivity index (χ1n) is 42.5. The first-order valence-corrected chi connectivity index (χ1v) is 41.5. The lowest BCUT2D eigenvalue weighted by Crippen LogP contribution is -2.61. The van der Waals surface area contributed by atoms with Gasteiger partial charge in [-0.05, 0) is 255 Å². The van der Waals surface area contributed by atoms with Crippen molar-refractivity contribution in [3.05, 3.63) is 306 Å². The molecular formula is C109H113BN4. The molecule has 0 saturated carbocycles. The van der Waals surface area contributed by atoms with Crippen molar-refractivity contribution in [2.45, 2.75) is 186 Å². The van der Waals surface area contributed by atoms with Crippen LogP contribution in [0, 0.1) is 16.2 Å². The van der Waals surface area contributed by atoms with Gasteiger partial charge in [-0.3, -0.25) is 0 Å². The molecule has 4 heterocycles. The highest BCUT2D eigenvalue weighted by atomic mass is 15.2. The standard InChI is InChI=1S/C109H113BN4/c1-103(2,3)66-69-54-100-102-101(55-69)114(97-65-83(71-36-28-23-29-37-71)75(68-105(7,8)9)57-85(97)73-40-32-25-33-41-73)99-63-81(112-94-52-44-78(108(16,17)18)60-88(94)89-61-79(109(19,20)21)45-53-95(89)112)47-49-91(99)110(102)90-48-46-80(111-92-50-42-76(106(10,11)12)58-86(92)87-59-77(107(13,14)15)43-51-93(87)111)62-98(90)113(100)96-64-82(70-34-26-22-27-35-70)74(67-104(4,5)6)56-84(96)72-38-30-24-31-39-72/h22-65H,66-68H2,1-21H3/i66D2. The minimum atomic E-state index is -1.89. The maximum atomic E-state index is 11.0. The maximum Gasteiger partial charge on any atom is 0.252 e. The second-order valence-corrected chi connectivity index (χ2v) is 40.5. The van der Waals surface area contributed by atoms with E-state index in [1.165, 1.54) is 66.1 Å². The van der Waals surface area contributed by atoms with Gasteiger partial charge in [0.2, 0.25) is 0 Å². The van der Waals surface area contributed by atoms with Crippen molar-refractivity contribution in [3.63, 3.8) is 0 Å². The summed E-state index contributed by atoms with van der Waals surface area (Å²) >= 11 is 0. The Balaban J connectivity index is 1.07. The maximum absolute atomic E-state index is 11.0. The minimum Gasteiger partial charge on any atom is -0.311 e. The predicted molar refractivity (Wildman–Crippen MR) is 495 cm³/mol. The van der Waals surface area contributed by atoms with Crippen LogP contribution in [0.15, 0.2) is 267 Å². The van der Waals surface area contributed by atoms with Gasteiger partial charge >= 0.3 is 0 Å². The number of anilines is 6. The lowest BCUT2D eigenvalue weighted by atomic mass is 9.33. The van der Waals surface area contributed by atoms with Gasteiger partial charge in [-0.1, -0.05) is 303 Å². The van der Waals surface area contributed by atoms with Crippen molar-refractivity contribution in [2.24, 2.45) is 16.2 Å². The molecular weight excluding hydrogens is 1380 g/mol. The van der Waals surface area contributed by atoms with Gasteiger partial charge < -0.3 is 18.9 Å². The van der Waals surface area contributed by atoms with Gasteiger partial charge in [-0.25, -0.2) is 0 Å². The molecule has 5 heteroatoms. The van der Waals surface area contributed by atoms with Crippen LogP contribution in [-0.4, -0.2) is 15.8 Å². The van der Waals surface area contributed by atoms with Crippen LogP contribution < -0.4 is 26.2 Å². The normalized spacial score (nSPS) is 13.9. The van der Waals surface area contributed by atoms with Gasteiger partial charge in [-0.15, -0.1) is 0 Å². The zero-order chi connectivity index (χ0) is 82.0. The van der Waals surface area contributed by atoms with Gasteiger partial charge in [0.05, 0.1) is 33.4 Å². The molecule has 0 unspecified atom stereocenters. The van der Waals surface area contributed by atoms with Crippen molar-refractivity contribution in [1.82, 2.24) is 9.13 Å². The molecule has 2 aliphatic heterocycles. The molecule has 0 spiro atoms. The largest absolute Gasteiger partial charge is 0.311 e. The second kappa shape index (κ2) is 27.4. The third-order valence-corrected chi connectivity index (χ3v) is 23.8. The van der Waals surface area contributed by atoms with E-state index in [2.05, 4.69) is 431 Å². The molecule has 13 aromatic carbocycles. The van der Waals surface area contributed by atoms with Crippen LogP contribution in [0.5, 0.6) is 0 Å². The quantitative estimate of drug-likeness (QED) is 0.120. The topological polar surface area (TPSA) is 16.3 Å². The number of aromatic nitrogens is 2. The van der Waals surface area contributed by atoms with Gasteiger partial charge in [0.15, 0.2) is 0 Å². The van der Waals surface area contributed by atoms with E-state index in [1.807, 2.05) is 0 Å². The Labute approximate surface area is 682 Å². The number of rotatable bonds is 11. The van der Waals surface area contributed by atoms with Gasteiger partial charge in [-0.2, -0.15) is 0 Å². The average molecular weight is 1490 g/mol. The number of benzene rings is 13. The highest BCUT2D eigenvalue weighted by Crippen LogP contribution is 2.54. The highest BCUT2D eigenvalue weighted by Gasteiger charge is 2.46. The number of hydrogen-bond acceptors (Lipinski definition) is 2. The molecule has 2 aliphatic rings. The molecule has 0 bridgehead atoms. The van der Waals surface area contributed by atoms with E-state index in [0.29, 0.717) is 5.56 Å². The van der Waals surface area contributed by atoms with Crippen LogP contribution in [0.4, 0.5) is 34.1 Å². The summed E-state index contributed by atoms with van der Waals surface area (Å²) in [5.74, 6) is 0. The molecule has 15 aromatic rings. The smallest absolute Gasteiger partial charge is 0.252 e. The van der Waals surface area contributed by atoms with E-state index < -0.39 is 11.8 Å². The molecule has 0 radical (unpaired) electrons. The van der Waals surface area contributed by atoms with Gasteiger partial charge in [0.25, 0.3) is 6.71 Å². The van der Waals surface area contributed by atoms with E-state index in [9.17, 15) is 2.74 Å². The molecule has 572 valence electrons. The summed E-state index contributed by atoms with van der Waals surface area (Å²) in [7, 11) is 0. The summed E-state index contributed by atoms with van der Waals surface area (Å²) in [4.78, 5) is 5.20. The fourth-order valence-electron chi connectivity index (χ4n) is 18.3. The summed E-state index contributed by atoms with van der Waals surface area (Å²) in [6.07, 6.45) is -0.223. The minimum absolute atomic E-state index is 0.0673. The number of fused-ring (bicyclic) bond motifs is 10. The highest BCUT2D eigenvalue weighted by molar-refractivity contribution is 7.00. The fraction of sp³-hybridized carbons (Fsp3) is 0.284. The van der Waals surface area contributed by atoms with Crippen LogP contribution in [0.2, 0.25) is 0 Å². The SMILES string of the molecule is [2H]C([2H])(c1cc2c3c(c1)N(c1cc(-c4ccccc4)c(CC(C)(C)C)cc1-c1ccccc1)c1cc(-n4c5ccc(C(C)(C)C)cc5c5cc(C(C)(C)C)ccc54)ccc1B3c1ccc(-n3c4ccc(C(C)(C)C)cc4c4cc(C(C)(C)C)ccc43)cc1N2c1cc(-c2ccccc2)c(CC(C)(C)C)cc1-c1ccccc1)C(C)(C)C. The summed E-state index contributed by atoms with van der Waals surface area (Å²) in [5.41, 5.74) is 32.0. The lowest BCUT2D eigenvalue weighted by Gasteiger charge is -2.46. The summed E-state index contributed by atoms with van der Waals surface area (Å²) in [5, 5.41) is 4.91. The first-order chi connectivity index (χ1) is 54.7. The molecule has 0 saturated heterocycles. The van der Waals surface area contributed by atoms with E-state index in [-0.39, 0.29) is 39.2 Å². The second-order valence-electron chi connectivity index (χ2n) is 40.5.